The van der Waals surface area contributed by atoms with Gasteiger partial charge in [-0.2, -0.15) is 0 Å². The summed E-state index contributed by atoms with van der Waals surface area (Å²) in [6.45, 7) is 9.40. The number of nitrogens with one attached hydrogen (secondary N) is 1. The van der Waals surface area contributed by atoms with E-state index >= 15 is 0 Å². The molecule has 1 aromatic rings. The molecule has 1 fully saturated rings. The van der Waals surface area contributed by atoms with Crippen LogP contribution in [-0.4, -0.2) is 30.6 Å². The van der Waals surface area contributed by atoms with Crippen molar-refractivity contribution >= 4 is 0 Å². The van der Waals surface area contributed by atoms with Gasteiger partial charge in [-0.05, 0) is 38.3 Å². The van der Waals surface area contributed by atoms with Gasteiger partial charge in [0.2, 0.25) is 0 Å². The average molecular weight is 260 g/mol. The predicted molar refractivity (Wildman–Crippen MR) is 82.3 cm³/mol. The normalized spacial score (nSPS) is 21.5. The van der Waals surface area contributed by atoms with Crippen LogP contribution in [0.1, 0.15) is 45.2 Å². The Labute approximate surface area is 118 Å². The van der Waals surface area contributed by atoms with Gasteiger partial charge in [-0.3, -0.25) is 4.90 Å². The lowest BCUT2D eigenvalue weighted by molar-refractivity contribution is 0.0867. The van der Waals surface area contributed by atoms with Crippen LogP contribution in [0.2, 0.25) is 0 Å². The Morgan fingerprint density at radius 1 is 1.11 bits per heavy atom. The summed E-state index contributed by atoms with van der Waals surface area (Å²) in [5, 5.41) is 3.48. The first-order valence-electron chi connectivity index (χ1n) is 7.54. The first-order chi connectivity index (χ1) is 9.06. The van der Waals surface area contributed by atoms with Crippen LogP contribution in [0.4, 0.5) is 0 Å². The minimum atomic E-state index is 0.328. The highest BCUT2D eigenvalue weighted by Crippen LogP contribution is 2.33. The van der Waals surface area contributed by atoms with Crippen LogP contribution in [0.3, 0.4) is 0 Å². The average Bonchev–Trinajstić information content (AvgIpc) is 2.42. The number of benzene rings is 1. The van der Waals surface area contributed by atoms with Gasteiger partial charge >= 0.3 is 0 Å². The molecular weight excluding hydrogens is 232 g/mol. The topological polar surface area (TPSA) is 15.3 Å². The molecule has 2 heteroatoms. The van der Waals surface area contributed by atoms with Crippen LogP contribution in [0.25, 0.3) is 0 Å². The summed E-state index contributed by atoms with van der Waals surface area (Å²) in [6.07, 6.45) is 2.47. The van der Waals surface area contributed by atoms with Crippen LogP contribution in [0.15, 0.2) is 30.3 Å². The minimum absolute atomic E-state index is 0.328. The van der Waals surface area contributed by atoms with Gasteiger partial charge in [-0.15, -0.1) is 0 Å². The summed E-state index contributed by atoms with van der Waals surface area (Å²) >= 11 is 0. The van der Waals surface area contributed by atoms with Gasteiger partial charge in [0.15, 0.2) is 0 Å². The fourth-order valence-electron chi connectivity index (χ4n) is 3.21. The molecule has 0 bridgehead atoms. The van der Waals surface area contributed by atoms with Crippen LogP contribution >= 0.6 is 0 Å². The van der Waals surface area contributed by atoms with Crippen molar-refractivity contribution in [2.45, 2.75) is 45.2 Å². The lowest BCUT2D eigenvalue weighted by Crippen LogP contribution is -2.51. The number of hydrogen-bond acceptors (Lipinski definition) is 2. The van der Waals surface area contributed by atoms with E-state index in [1.807, 2.05) is 0 Å². The van der Waals surface area contributed by atoms with Crippen molar-refractivity contribution in [2.24, 2.45) is 5.92 Å². The summed E-state index contributed by atoms with van der Waals surface area (Å²) < 4.78 is 0. The number of nitrogens with zero attached hydrogens (tertiary/aromatic N) is 1. The molecule has 2 nitrogen and oxygen atoms in total. The summed E-state index contributed by atoms with van der Waals surface area (Å²) in [7, 11) is 2.09. The third-order valence-electron chi connectivity index (χ3n) is 4.67. The number of rotatable bonds is 4. The second kappa shape index (κ2) is 6.06. The Balaban J connectivity index is 2.10. The number of piperidine rings is 1. The second-order valence-corrected chi connectivity index (χ2v) is 6.45. The molecule has 0 aromatic heterocycles. The summed E-state index contributed by atoms with van der Waals surface area (Å²) in [4.78, 5) is 2.67. The molecule has 2 rings (SSSR count). The van der Waals surface area contributed by atoms with E-state index < -0.39 is 0 Å². The van der Waals surface area contributed by atoms with Gasteiger partial charge in [0.25, 0.3) is 0 Å². The van der Waals surface area contributed by atoms with E-state index in [-0.39, 0.29) is 0 Å². The first kappa shape index (κ1) is 14.5. The predicted octanol–water partition coefficient (Wildman–Crippen LogP) is 3.46. The first-order valence-corrected chi connectivity index (χ1v) is 7.54. The molecule has 106 valence electrons. The van der Waals surface area contributed by atoms with Crippen molar-refractivity contribution in [3.8, 4) is 0 Å². The largest absolute Gasteiger partial charge is 0.314 e. The molecule has 19 heavy (non-hydrogen) atoms. The third kappa shape index (κ3) is 3.37. The van der Waals surface area contributed by atoms with E-state index in [9.17, 15) is 0 Å². The highest BCUT2D eigenvalue weighted by atomic mass is 15.2. The zero-order chi connectivity index (χ0) is 13.9. The van der Waals surface area contributed by atoms with Crippen molar-refractivity contribution < 1.29 is 0 Å². The van der Waals surface area contributed by atoms with Crippen LogP contribution in [-0.2, 0) is 0 Å². The second-order valence-electron chi connectivity index (χ2n) is 6.45. The van der Waals surface area contributed by atoms with Crippen LogP contribution in [0, 0.1) is 5.92 Å². The van der Waals surface area contributed by atoms with Gasteiger partial charge in [0, 0.05) is 24.7 Å². The minimum Gasteiger partial charge on any atom is -0.314 e. The molecule has 0 amide bonds. The van der Waals surface area contributed by atoms with E-state index in [1.54, 1.807) is 0 Å². The molecule has 1 aliphatic rings. The quantitative estimate of drug-likeness (QED) is 0.892. The van der Waals surface area contributed by atoms with Gasteiger partial charge in [0.1, 0.15) is 0 Å². The summed E-state index contributed by atoms with van der Waals surface area (Å²) in [5.74, 6) is 0.654. The molecule has 1 unspecified atom stereocenters. The Morgan fingerprint density at radius 2 is 1.68 bits per heavy atom. The van der Waals surface area contributed by atoms with E-state index in [4.69, 9.17) is 0 Å². The maximum absolute atomic E-state index is 3.48. The smallest absolute Gasteiger partial charge is 0.0371 e. The molecule has 0 aliphatic carbocycles. The zero-order valence-electron chi connectivity index (χ0n) is 12.8. The van der Waals surface area contributed by atoms with Crippen molar-refractivity contribution in [1.82, 2.24) is 10.2 Å². The monoisotopic (exact) mass is 260 g/mol. The van der Waals surface area contributed by atoms with Gasteiger partial charge in [0.05, 0.1) is 0 Å². The Hall–Kier alpha value is -0.860. The Kier molecular flexibility index (Phi) is 4.64. The highest BCUT2D eigenvalue weighted by molar-refractivity contribution is 5.20. The van der Waals surface area contributed by atoms with E-state index in [0.717, 1.165) is 0 Å². The van der Waals surface area contributed by atoms with Crippen LogP contribution in [0.5, 0.6) is 0 Å². The lowest BCUT2D eigenvalue weighted by atomic mass is 9.86. The van der Waals surface area contributed by atoms with E-state index in [0.29, 0.717) is 17.5 Å². The molecule has 0 radical (unpaired) electrons. The Morgan fingerprint density at radius 3 is 2.16 bits per heavy atom. The third-order valence-corrected chi connectivity index (χ3v) is 4.67. The SMILES string of the molecule is CNC1(C)CCN(C(c2ccccc2)C(C)C)CC1. The van der Waals surface area contributed by atoms with Crippen molar-refractivity contribution in [2.75, 3.05) is 20.1 Å². The van der Waals surface area contributed by atoms with Gasteiger partial charge in [-0.1, -0.05) is 44.2 Å². The maximum atomic E-state index is 3.48. The fraction of sp³-hybridized carbons (Fsp3) is 0.647. The molecule has 1 heterocycles. The number of hydrogen-bond donors (Lipinski definition) is 1. The number of likely N-dealkylation sites (tertiary alicyclic amines) is 1. The molecular formula is C17H28N2. The van der Waals surface area contributed by atoms with Crippen molar-refractivity contribution in [1.29, 1.82) is 0 Å². The van der Waals surface area contributed by atoms with E-state index in [1.165, 1.54) is 31.5 Å². The lowest BCUT2D eigenvalue weighted by Gasteiger charge is -2.44. The molecule has 0 saturated carbocycles. The molecule has 1 saturated heterocycles. The van der Waals surface area contributed by atoms with Crippen molar-refractivity contribution in [3.05, 3.63) is 35.9 Å². The van der Waals surface area contributed by atoms with Gasteiger partial charge in [-0.25, -0.2) is 0 Å². The zero-order valence-corrected chi connectivity index (χ0v) is 12.8. The van der Waals surface area contributed by atoms with Gasteiger partial charge < -0.3 is 5.32 Å². The standard InChI is InChI=1S/C17H28N2/c1-14(2)16(15-8-6-5-7-9-15)19-12-10-17(3,18-4)11-13-19/h5-9,14,16,18H,10-13H2,1-4H3. The summed E-state index contributed by atoms with van der Waals surface area (Å²) in [5.41, 5.74) is 1.79. The van der Waals surface area contributed by atoms with E-state index in [2.05, 4.69) is 68.4 Å². The van der Waals surface area contributed by atoms with Crippen molar-refractivity contribution in [3.63, 3.8) is 0 Å². The molecule has 1 atom stereocenters. The summed E-state index contributed by atoms with van der Waals surface area (Å²) in [6, 6.07) is 11.5. The fourth-order valence-corrected chi connectivity index (χ4v) is 3.21. The maximum Gasteiger partial charge on any atom is 0.0371 e. The molecule has 1 aliphatic heterocycles. The molecule has 0 spiro atoms. The van der Waals surface area contributed by atoms with Crippen LogP contribution < -0.4 is 5.32 Å². The highest BCUT2D eigenvalue weighted by Gasteiger charge is 2.32. The Bertz CT molecular complexity index is 378. The molecule has 1 N–H and O–H groups in total. The molecule has 1 aromatic carbocycles.